The van der Waals surface area contributed by atoms with Crippen molar-refractivity contribution in [3.05, 3.63) is 71.3 Å². The Bertz CT molecular complexity index is 1040. The fourth-order valence-corrected chi connectivity index (χ4v) is 4.35. The lowest BCUT2D eigenvalue weighted by molar-refractivity contribution is -0.138. The van der Waals surface area contributed by atoms with Crippen molar-refractivity contribution in [3.63, 3.8) is 0 Å². The number of ether oxygens (including phenoxy) is 2. The van der Waals surface area contributed by atoms with Gasteiger partial charge in [0.2, 0.25) is 0 Å². The van der Waals surface area contributed by atoms with Crippen molar-refractivity contribution < 1.29 is 32.0 Å². The summed E-state index contributed by atoms with van der Waals surface area (Å²) < 4.78 is 69.5. The molecular weight excluding hydrogens is 491 g/mol. The maximum atomic E-state index is 14.5. The number of carbonyl (C=O) groups excluding carboxylic acids is 1. The minimum absolute atomic E-state index is 0.0118. The maximum absolute atomic E-state index is 14.5. The Morgan fingerprint density at radius 3 is 2.39 bits per heavy atom. The summed E-state index contributed by atoms with van der Waals surface area (Å²) in [4.78, 5) is 13.1. The van der Waals surface area contributed by atoms with Crippen LogP contribution in [-0.4, -0.2) is 21.9 Å². The first-order chi connectivity index (χ1) is 16.8. The molecule has 2 rings (SSSR count). The highest BCUT2D eigenvalue weighted by atomic mass is 32.2. The zero-order chi connectivity index (χ0) is 27.1. The normalized spacial score (nSPS) is 13.7. The van der Waals surface area contributed by atoms with E-state index in [1.807, 2.05) is 6.92 Å². The third kappa shape index (κ3) is 7.75. The molecule has 2 atom stereocenters. The van der Waals surface area contributed by atoms with E-state index < -0.39 is 39.9 Å². The maximum Gasteiger partial charge on any atom is 0.417 e. The molecule has 2 unspecified atom stereocenters. The summed E-state index contributed by atoms with van der Waals surface area (Å²) in [6.07, 6.45) is -1.82. The Balaban J connectivity index is 2.72. The zero-order valence-corrected chi connectivity index (χ0v) is 22.1. The molecule has 0 radical (unpaired) electrons. The molecule has 0 bridgehead atoms. The predicted molar refractivity (Wildman–Crippen MR) is 137 cm³/mol. The Kier molecular flexibility index (Phi) is 10.5. The van der Waals surface area contributed by atoms with Crippen LogP contribution in [-0.2, 0) is 17.5 Å². The van der Waals surface area contributed by atoms with Crippen molar-refractivity contribution >= 4 is 17.3 Å². The Hall–Kier alpha value is -2.49. The van der Waals surface area contributed by atoms with Crippen LogP contribution in [0.25, 0.3) is 0 Å². The second kappa shape index (κ2) is 12.7. The molecule has 0 saturated carbocycles. The molecule has 2 aromatic rings. The summed E-state index contributed by atoms with van der Waals surface area (Å²) in [5, 5.41) is 0. The van der Waals surface area contributed by atoms with Crippen LogP contribution in [0.5, 0.6) is 11.5 Å². The number of hydrogen-bond donors (Lipinski definition) is 1. The van der Waals surface area contributed by atoms with E-state index in [0.29, 0.717) is 6.42 Å². The molecule has 1 N–H and O–H groups in total. The van der Waals surface area contributed by atoms with Gasteiger partial charge in [0.05, 0.1) is 18.2 Å². The standard InChI is InChI=1S/C27H34F3NO4S/c1-7-9-16-34-22-17-20(21(13-8-2)31-36(33)26(4,5)6)24(27(28,29)30)18(3)23(22)25(32)35-19-14-11-10-12-15-19/h8,10-12,14-15,17,21,31H,2,7,9,13,16H2,1,3-6H3. The van der Waals surface area contributed by atoms with Crippen LogP contribution in [0, 0.1) is 6.92 Å². The van der Waals surface area contributed by atoms with Gasteiger partial charge in [0.1, 0.15) is 21.8 Å². The summed E-state index contributed by atoms with van der Waals surface area (Å²) in [5.41, 5.74) is -1.76. The molecule has 0 amide bonds. The minimum atomic E-state index is -4.80. The van der Waals surface area contributed by atoms with Gasteiger partial charge in [-0.15, -0.1) is 11.3 Å². The number of alkyl halides is 3. The molecular formula is C27H34F3NO4S. The highest BCUT2D eigenvalue weighted by molar-refractivity contribution is 7.90. The minimum Gasteiger partial charge on any atom is -0.598 e. The molecule has 198 valence electrons. The SMILES string of the molecule is C=CCC(N[S+]([O-])C(C)(C)C)c1cc(OCCCC)c(C(=O)Oc2ccccc2)c(C)c1C(F)(F)F. The average Bonchev–Trinajstić information content (AvgIpc) is 2.77. The highest BCUT2D eigenvalue weighted by Crippen LogP contribution is 2.43. The van der Waals surface area contributed by atoms with Crippen molar-refractivity contribution in [2.45, 2.75) is 70.8 Å². The summed E-state index contributed by atoms with van der Waals surface area (Å²) in [5.74, 6) is -0.762. The van der Waals surface area contributed by atoms with Gasteiger partial charge in [-0.1, -0.05) is 37.6 Å². The molecule has 5 nitrogen and oxygen atoms in total. The molecule has 0 heterocycles. The summed E-state index contributed by atoms with van der Waals surface area (Å²) >= 11 is -1.66. The van der Waals surface area contributed by atoms with E-state index in [4.69, 9.17) is 9.47 Å². The van der Waals surface area contributed by atoms with E-state index in [0.717, 1.165) is 6.42 Å². The van der Waals surface area contributed by atoms with Gasteiger partial charge in [-0.25, -0.2) is 4.79 Å². The first kappa shape index (κ1) is 29.7. The van der Waals surface area contributed by atoms with Gasteiger partial charge in [-0.2, -0.15) is 13.2 Å². The monoisotopic (exact) mass is 525 g/mol. The molecule has 0 saturated heterocycles. The number of esters is 1. The van der Waals surface area contributed by atoms with Crippen LogP contribution in [0.1, 0.15) is 80.0 Å². The summed E-state index contributed by atoms with van der Waals surface area (Å²) in [6.45, 7) is 12.2. The van der Waals surface area contributed by atoms with E-state index in [1.54, 1.807) is 39.0 Å². The van der Waals surface area contributed by atoms with Gasteiger partial charge >= 0.3 is 12.1 Å². The molecule has 2 aromatic carbocycles. The van der Waals surface area contributed by atoms with Crippen LogP contribution in [0.4, 0.5) is 13.2 Å². The molecule has 0 aromatic heterocycles. The van der Waals surface area contributed by atoms with Crippen LogP contribution in [0.15, 0.2) is 49.1 Å². The number of benzene rings is 2. The lowest BCUT2D eigenvalue weighted by atomic mass is 9.90. The third-order valence-corrected chi connectivity index (χ3v) is 6.96. The van der Waals surface area contributed by atoms with Crippen molar-refractivity contribution in [2.24, 2.45) is 0 Å². The second-order valence-electron chi connectivity index (χ2n) is 9.32. The molecule has 9 heteroatoms. The molecule has 0 aliphatic heterocycles. The summed E-state index contributed by atoms with van der Waals surface area (Å²) in [6, 6.07) is 8.34. The lowest BCUT2D eigenvalue weighted by Crippen LogP contribution is -2.41. The average molecular weight is 526 g/mol. The van der Waals surface area contributed by atoms with E-state index in [-0.39, 0.29) is 41.2 Å². The van der Waals surface area contributed by atoms with E-state index in [1.165, 1.54) is 31.2 Å². The van der Waals surface area contributed by atoms with Crippen LogP contribution >= 0.6 is 0 Å². The molecule has 0 aliphatic rings. The molecule has 0 fully saturated rings. The lowest BCUT2D eigenvalue weighted by Gasteiger charge is -2.30. The number of carbonyl (C=O) groups is 1. The Labute approximate surface area is 214 Å². The van der Waals surface area contributed by atoms with Gasteiger partial charge < -0.3 is 14.0 Å². The van der Waals surface area contributed by atoms with Crippen molar-refractivity contribution in [2.75, 3.05) is 6.61 Å². The van der Waals surface area contributed by atoms with Crippen molar-refractivity contribution in [1.29, 1.82) is 0 Å². The van der Waals surface area contributed by atoms with E-state index in [2.05, 4.69) is 11.3 Å². The summed E-state index contributed by atoms with van der Waals surface area (Å²) in [7, 11) is 0. The second-order valence-corrected chi connectivity index (χ2v) is 11.3. The smallest absolute Gasteiger partial charge is 0.417 e. The fourth-order valence-electron chi connectivity index (χ4n) is 3.51. The first-order valence-electron chi connectivity index (χ1n) is 11.7. The third-order valence-electron chi connectivity index (χ3n) is 5.35. The Morgan fingerprint density at radius 2 is 1.86 bits per heavy atom. The first-order valence-corrected chi connectivity index (χ1v) is 12.9. The van der Waals surface area contributed by atoms with Gasteiger partial charge in [-0.05, 0) is 69.9 Å². The van der Waals surface area contributed by atoms with Gasteiger partial charge in [-0.3, -0.25) is 0 Å². The van der Waals surface area contributed by atoms with Crippen LogP contribution in [0.2, 0.25) is 0 Å². The highest BCUT2D eigenvalue weighted by Gasteiger charge is 2.41. The quantitative estimate of drug-likeness (QED) is 0.112. The number of para-hydroxylation sites is 1. The number of rotatable bonds is 11. The van der Waals surface area contributed by atoms with Crippen LogP contribution < -0.4 is 14.2 Å². The number of hydrogen-bond acceptors (Lipinski definition) is 5. The topological polar surface area (TPSA) is 70.6 Å². The zero-order valence-electron chi connectivity index (χ0n) is 21.3. The number of halogens is 3. The van der Waals surface area contributed by atoms with E-state index >= 15 is 0 Å². The van der Waals surface area contributed by atoms with Gasteiger partial charge in [0.15, 0.2) is 0 Å². The fraction of sp³-hybridized carbons (Fsp3) is 0.444. The number of nitrogens with one attached hydrogen (secondary N) is 1. The van der Waals surface area contributed by atoms with Gasteiger partial charge in [0.25, 0.3) is 0 Å². The van der Waals surface area contributed by atoms with E-state index in [9.17, 15) is 22.5 Å². The molecule has 0 aliphatic carbocycles. The van der Waals surface area contributed by atoms with Crippen LogP contribution in [0.3, 0.4) is 0 Å². The Morgan fingerprint density at radius 1 is 1.22 bits per heavy atom. The van der Waals surface area contributed by atoms with Crippen molar-refractivity contribution in [3.8, 4) is 11.5 Å². The molecule has 36 heavy (non-hydrogen) atoms. The largest absolute Gasteiger partial charge is 0.598 e. The molecule has 0 spiro atoms. The predicted octanol–water partition coefficient (Wildman–Crippen LogP) is 7.08. The van der Waals surface area contributed by atoms with Crippen molar-refractivity contribution in [1.82, 2.24) is 4.72 Å². The number of unbranched alkanes of at least 4 members (excludes halogenated alkanes) is 1. The van der Waals surface area contributed by atoms with Gasteiger partial charge in [0, 0.05) is 11.4 Å².